The molecule has 5 nitrogen and oxygen atoms in total. The number of amides is 1. The number of halogens is 1. The van der Waals surface area contributed by atoms with E-state index in [4.69, 9.17) is 0 Å². The normalized spacial score (nSPS) is 10.7. The summed E-state index contributed by atoms with van der Waals surface area (Å²) in [6.07, 6.45) is 1.66. The van der Waals surface area contributed by atoms with E-state index >= 15 is 0 Å². The van der Waals surface area contributed by atoms with Gasteiger partial charge in [0, 0.05) is 5.39 Å². The van der Waals surface area contributed by atoms with Crippen molar-refractivity contribution in [3.8, 4) is 5.75 Å². The van der Waals surface area contributed by atoms with Gasteiger partial charge in [-0.15, -0.1) is 0 Å². The average Bonchev–Trinajstić information content (AvgIpc) is 2.87. The van der Waals surface area contributed by atoms with Crippen molar-refractivity contribution in [3.05, 3.63) is 54.5 Å². The molecule has 0 saturated carbocycles. The van der Waals surface area contributed by atoms with Crippen molar-refractivity contribution < 1.29 is 14.3 Å². The van der Waals surface area contributed by atoms with Crippen LogP contribution in [0.1, 0.15) is 0 Å². The summed E-state index contributed by atoms with van der Waals surface area (Å²) in [6, 6.07) is 11.3. The Balaban J connectivity index is 1.81. The van der Waals surface area contributed by atoms with Gasteiger partial charge in [0.2, 0.25) is 5.91 Å². The first-order valence-corrected chi connectivity index (χ1v) is 6.33. The summed E-state index contributed by atoms with van der Waals surface area (Å²) >= 11 is 0. The summed E-state index contributed by atoms with van der Waals surface area (Å²) in [7, 11) is 0. The molecule has 6 heteroatoms. The number of phenolic OH excluding ortho intramolecular Hbond substituents is 1. The summed E-state index contributed by atoms with van der Waals surface area (Å²) in [5.41, 5.74) is 0.587. The number of benzene rings is 2. The molecule has 0 atom stereocenters. The van der Waals surface area contributed by atoms with Crippen molar-refractivity contribution >= 4 is 22.5 Å². The van der Waals surface area contributed by atoms with Gasteiger partial charge in [0.1, 0.15) is 18.0 Å². The number of phenols is 1. The lowest BCUT2D eigenvalue weighted by Gasteiger charge is -2.08. The summed E-state index contributed by atoms with van der Waals surface area (Å²) in [4.78, 5) is 12.0. The molecular weight excluding hydrogens is 273 g/mol. The Morgan fingerprint density at radius 2 is 2.05 bits per heavy atom. The van der Waals surface area contributed by atoms with Crippen LogP contribution in [0, 0.1) is 5.82 Å². The fraction of sp³-hybridized carbons (Fsp3) is 0.0667. The highest BCUT2D eigenvalue weighted by molar-refractivity contribution is 5.93. The third-order valence-corrected chi connectivity index (χ3v) is 3.10. The molecule has 0 unspecified atom stereocenters. The van der Waals surface area contributed by atoms with E-state index in [-0.39, 0.29) is 18.0 Å². The first kappa shape index (κ1) is 13.1. The van der Waals surface area contributed by atoms with Crippen molar-refractivity contribution in [1.29, 1.82) is 0 Å². The molecular formula is C15H12FN3O2. The SMILES string of the molecule is O=C(Cn1ncc2ccccc21)Nc1c(O)cccc1F. The fourth-order valence-electron chi connectivity index (χ4n) is 2.10. The van der Waals surface area contributed by atoms with Crippen molar-refractivity contribution in [3.63, 3.8) is 0 Å². The second-order valence-electron chi connectivity index (χ2n) is 4.54. The number of nitrogens with zero attached hydrogens (tertiary/aromatic N) is 2. The maximum atomic E-state index is 13.5. The summed E-state index contributed by atoms with van der Waals surface area (Å²) in [6.45, 7) is -0.0682. The van der Waals surface area contributed by atoms with E-state index < -0.39 is 11.7 Å². The Kier molecular flexibility index (Phi) is 3.27. The lowest BCUT2D eigenvalue weighted by atomic mass is 10.2. The molecule has 1 heterocycles. The van der Waals surface area contributed by atoms with Crippen LogP contribution >= 0.6 is 0 Å². The van der Waals surface area contributed by atoms with Crippen LogP contribution in [0.3, 0.4) is 0 Å². The van der Waals surface area contributed by atoms with Crippen LogP contribution in [0.2, 0.25) is 0 Å². The van der Waals surface area contributed by atoms with Crippen LogP contribution in [-0.2, 0) is 11.3 Å². The second-order valence-corrected chi connectivity index (χ2v) is 4.54. The maximum absolute atomic E-state index is 13.5. The molecule has 0 saturated heterocycles. The summed E-state index contributed by atoms with van der Waals surface area (Å²) in [5, 5.41) is 17.0. The molecule has 0 fully saturated rings. The van der Waals surface area contributed by atoms with Crippen LogP contribution in [0.25, 0.3) is 10.9 Å². The van der Waals surface area contributed by atoms with Gasteiger partial charge in [0.25, 0.3) is 0 Å². The van der Waals surface area contributed by atoms with E-state index in [1.807, 2.05) is 24.3 Å². The van der Waals surface area contributed by atoms with Gasteiger partial charge in [-0.3, -0.25) is 9.48 Å². The van der Waals surface area contributed by atoms with Gasteiger partial charge in [-0.2, -0.15) is 5.10 Å². The van der Waals surface area contributed by atoms with Crippen molar-refractivity contribution in [2.75, 3.05) is 5.32 Å². The number of anilines is 1. The predicted octanol–water partition coefficient (Wildman–Crippen LogP) is 2.52. The Bertz CT molecular complexity index is 793. The molecule has 3 rings (SSSR count). The van der Waals surface area contributed by atoms with Crippen molar-refractivity contribution in [2.24, 2.45) is 0 Å². The Morgan fingerprint density at radius 3 is 2.86 bits per heavy atom. The molecule has 1 amide bonds. The van der Waals surface area contributed by atoms with Crippen LogP contribution in [0.15, 0.2) is 48.7 Å². The first-order valence-electron chi connectivity index (χ1n) is 6.33. The van der Waals surface area contributed by atoms with E-state index in [0.29, 0.717) is 0 Å². The number of carbonyl (C=O) groups excluding carboxylic acids is 1. The zero-order valence-corrected chi connectivity index (χ0v) is 11.0. The number of fused-ring (bicyclic) bond motifs is 1. The number of rotatable bonds is 3. The molecule has 2 N–H and O–H groups in total. The number of nitrogens with one attached hydrogen (secondary N) is 1. The topological polar surface area (TPSA) is 67.2 Å². The number of hydrogen-bond donors (Lipinski definition) is 2. The molecule has 0 radical (unpaired) electrons. The van der Waals surface area contributed by atoms with Gasteiger partial charge in [-0.05, 0) is 18.2 Å². The average molecular weight is 285 g/mol. The lowest BCUT2D eigenvalue weighted by molar-refractivity contribution is -0.116. The molecule has 2 aromatic carbocycles. The molecule has 21 heavy (non-hydrogen) atoms. The van der Waals surface area contributed by atoms with E-state index in [1.54, 1.807) is 6.20 Å². The largest absolute Gasteiger partial charge is 0.506 e. The van der Waals surface area contributed by atoms with Crippen molar-refractivity contribution in [2.45, 2.75) is 6.54 Å². The quantitative estimate of drug-likeness (QED) is 0.727. The third-order valence-electron chi connectivity index (χ3n) is 3.10. The Labute approximate surface area is 119 Å². The highest BCUT2D eigenvalue weighted by Gasteiger charge is 2.13. The van der Waals surface area contributed by atoms with E-state index in [2.05, 4.69) is 10.4 Å². The smallest absolute Gasteiger partial charge is 0.246 e. The molecule has 3 aromatic rings. The predicted molar refractivity (Wildman–Crippen MR) is 76.4 cm³/mol. The molecule has 1 aromatic heterocycles. The summed E-state index contributed by atoms with van der Waals surface area (Å²) < 4.78 is 15.1. The number of aromatic hydroxyl groups is 1. The number of aromatic nitrogens is 2. The molecule has 0 aliphatic carbocycles. The van der Waals surface area contributed by atoms with Gasteiger partial charge in [-0.25, -0.2) is 4.39 Å². The zero-order valence-electron chi connectivity index (χ0n) is 11.0. The van der Waals surface area contributed by atoms with Crippen LogP contribution in [-0.4, -0.2) is 20.8 Å². The zero-order chi connectivity index (χ0) is 14.8. The highest BCUT2D eigenvalue weighted by Crippen LogP contribution is 2.25. The van der Waals surface area contributed by atoms with Gasteiger partial charge in [-0.1, -0.05) is 24.3 Å². The molecule has 106 valence electrons. The van der Waals surface area contributed by atoms with Gasteiger partial charge in [0.05, 0.1) is 11.7 Å². The molecule has 0 aliphatic heterocycles. The van der Waals surface area contributed by atoms with Gasteiger partial charge in [0.15, 0.2) is 5.82 Å². The number of carbonyl (C=O) groups is 1. The van der Waals surface area contributed by atoms with Crippen LogP contribution in [0.5, 0.6) is 5.75 Å². The third kappa shape index (κ3) is 2.55. The summed E-state index contributed by atoms with van der Waals surface area (Å²) in [5.74, 6) is -1.47. The van der Waals surface area contributed by atoms with Gasteiger partial charge >= 0.3 is 0 Å². The monoisotopic (exact) mass is 285 g/mol. The van der Waals surface area contributed by atoms with E-state index in [1.165, 1.54) is 22.9 Å². The minimum absolute atomic E-state index is 0.0682. The molecule has 0 bridgehead atoms. The second kappa shape index (κ2) is 5.24. The molecule has 0 spiro atoms. The minimum Gasteiger partial charge on any atom is -0.506 e. The fourth-order valence-corrected chi connectivity index (χ4v) is 2.10. The minimum atomic E-state index is -0.686. The Hall–Kier alpha value is -2.89. The first-order chi connectivity index (χ1) is 10.1. The maximum Gasteiger partial charge on any atom is 0.246 e. The standard InChI is InChI=1S/C15H12FN3O2/c16-11-5-3-7-13(20)15(11)18-14(21)9-19-12-6-2-1-4-10(12)8-17-19/h1-8,20H,9H2,(H,18,21). The van der Waals surface area contributed by atoms with Crippen LogP contribution < -0.4 is 5.32 Å². The van der Waals surface area contributed by atoms with Crippen molar-refractivity contribution in [1.82, 2.24) is 9.78 Å². The van der Waals surface area contributed by atoms with E-state index in [9.17, 15) is 14.3 Å². The van der Waals surface area contributed by atoms with E-state index in [0.717, 1.165) is 10.9 Å². The molecule has 0 aliphatic rings. The number of hydrogen-bond acceptors (Lipinski definition) is 3. The van der Waals surface area contributed by atoms with Gasteiger partial charge < -0.3 is 10.4 Å². The van der Waals surface area contributed by atoms with Crippen LogP contribution in [0.4, 0.5) is 10.1 Å². The lowest BCUT2D eigenvalue weighted by Crippen LogP contribution is -2.20. The Morgan fingerprint density at radius 1 is 1.24 bits per heavy atom. The number of para-hydroxylation sites is 2. The highest BCUT2D eigenvalue weighted by atomic mass is 19.1.